The number of carbonyl (C=O) groups is 4. The molecule has 0 aliphatic heterocycles. The first-order valence-corrected chi connectivity index (χ1v) is 10.9. The fraction of sp³-hybridized carbons (Fsp3) is 0. The second kappa shape index (κ2) is 12.4. The van der Waals surface area contributed by atoms with E-state index in [1.165, 1.54) is 48.5 Å². The molecule has 6 N–H and O–H groups in total. The summed E-state index contributed by atoms with van der Waals surface area (Å²) < 4.78 is 10.5. The van der Waals surface area contributed by atoms with E-state index in [-0.39, 0.29) is 11.1 Å². The van der Waals surface area contributed by atoms with Crippen molar-refractivity contribution >= 4 is 35.3 Å². The van der Waals surface area contributed by atoms with Gasteiger partial charge in [0.05, 0.1) is 22.3 Å². The van der Waals surface area contributed by atoms with Gasteiger partial charge in [0.1, 0.15) is 11.5 Å². The number of ether oxygens (including phenoxy) is 2. The SMILES string of the molecule is Nc1ccc(OC(=O)c2ccc(C(=O)Oc3ccc(N)cc3)cc2)cc1.O=C(O)c1ccc(C(=O)O)cc1. The Labute approximate surface area is 216 Å². The summed E-state index contributed by atoms with van der Waals surface area (Å²) in [5, 5.41) is 16.9. The predicted molar refractivity (Wildman–Crippen MR) is 138 cm³/mol. The summed E-state index contributed by atoms with van der Waals surface area (Å²) in [6.07, 6.45) is 0. The summed E-state index contributed by atoms with van der Waals surface area (Å²) in [5.41, 5.74) is 13.1. The van der Waals surface area contributed by atoms with Crippen molar-refractivity contribution in [1.82, 2.24) is 0 Å². The number of nitrogen functional groups attached to an aromatic ring is 2. The molecule has 0 saturated heterocycles. The topological polar surface area (TPSA) is 179 Å². The van der Waals surface area contributed by atoms with E-state index in [1.807, 2.05) is 0 Å². The average Bonchev–Trinajstić information content (AvgIpc) is 2.91. The van der Waals surface area contributed by atoms with E-state index in [0.717, 1.165) is 0 Å². The Morgan fingerprint density at radius 2 is 0.711 bits per heavy atom. The molecule has 0 radical (unpaired) electrons. The van der Waals surface area contributed by atoms with Crippen LogP contribution >= 0.6 is 0 Å². The van der Waals surface area contributed by atoms with Crippen molar-refractivity contribution in [3.8, 4) is 11.5 Å². The number of carboxylic acids is 2. The van der Waals surface area contributed by atoms with Crippen LogP contribution in [-0.2, 0) is 0 Å². The molecule has 10 heteroatoms. The largest absolute Gasteiger partial charge is 0.478 e. The van der Waals surface area contributed by atoms with Crippen LogP contribution in [0.2, 0.25) is 0 Å². The number of benzene rings is 4. The third-order valence-electron chi connectivity index (χ3n) is 4.92. The second-order valence-corrected chi connectivity index (χ2v) is 7.68. The molecular weight excluding hydrogens is 492 g/mol. The van der Waals surface area contributed by atoms with Crippen molar-refractivity contribution < 1.29 is 38.9 Å². The van der Waals surface area contributed by atoms with E-state index in [2.05, 4.69) is 0 Å². The van der Waals surface area contributed by atoms with E-state index in [9.17, 15) is 19.2 Å². The zero-order valence-corrected chi connectivity index (χ0v) is 19.7. The molecule has 0 heterocycles. The van der Waals surface area contributed by atoms with Crippen LogP contribution in [0.1, 0.15) is 41.4 Å². The first-order chi connectivity index (χ1) is 18.1. The summed E-state index contributed by atoms with van der Waals surface area (Å²) in [7, 11) is 0. The normalized spacial score (nSPS) is 9.89. The highest BCUT2D eigenvalue weighted by atomic mass is 16.5. The quantitative estimate of drug-likeness (QED) is 0.164. The number of hydrogen-bond acceptors (Lipinski definition) is 8. The van der Waals surface area contributed by atoms with Gasteiger partial charge in [-0.2, -0.15) is 0 Å². The molecule has 4 aromatic rings. The van der Waals surface area contributed by atoms with Crippen LogP contribution in [0.3, 0.4) is 0 Å². The molecule has 4 aromatic carbocycles. The summed E-state index contributed by atoms with van der Waals surface area (Å²) in [6, 6.07) is 24.0. The van der Waals surface area contributed by atoms with Gasteiger partial charge in [-0.25, -0.2) is 19.2 Å². The maximum absolute atomic E-state index is 12.1. The molecule has 0 spiro atoms. The molecule has 0 aliphatic rings. The molecule has 0 saturated carbocycles. The van der Waals surface area contributed by atoms with Crippen LogP contribution in [-0.4, -0.2) is 34.1 Å². The summed E-state index contributed by atoms with van der Waals surface area (Å²) >= 11 is 0. The predicted octanol–water partition coefficient (Wildman–Crippen LogP) is 4.37. The zero-order valence-electron chi connectivity index (χ0n) is 19.7. The van der Waals surface area contributed by atoms with Gasteiger partial charge >= 0.3 is 23.9 Å². The molecular formula is C28H22N2O8. The highest BCUT2D eigenvalue weighted by molar-refractivity contribution is 5.95. The van der Waals surface area contributed by atoms with Gasteiger partial charge in [0, 0.05) is 11.4 Å². The van der Waals surface area contributed by atoms with Crippen molar-refractivity contribution in [3.63, 3.8) is 0 Å². The fourth-order valence-corrected chi connectivity index (χ4v) is 2.90. The van der Waals surface area contributed by atoms with Gasteiger partial charge in [-0.15, -0.1) is 0 Å². The first kappa shape index (κ1) is 27.0. The van der Waals surface area contributed by atoms with E-state index in [1.54, 1.807) is 48.5 Å². The van der Waals surface area contributed by atoms with E-state index in [0.29, 0.717) is 34.0 Å². The van der Waals surface area contributed by atoms with Crippen molar-refractivity contribution in [1.29, 1.82) is 0 Å². The number of aromatic carboxylic acids is 2. The molecule has 0 aliphatic carbocycles. The molecule has 0 amide bonds. The minimum Gasteiger partial charge on any atom is -0.478 e. The van der Waals surface area contributed by atoms with Crippen LogP contribution < -0.4 is 20.9 Å². The van der Waals surface area contributed by atoms with E-state index >= 15 is 0 Å². The van der Waals surface area contributed by atoms with Gasteiger partial charge in [0.15, 0.2) is 0 Å². The number of nitrogens with two attached hydrogens (primary N) is 2. The number of rotatable bonds is 6. The number of esters is 2. The number of anilines is 2. The van der Waals surface area contributed by atoms with Gasteiger partial charge in [-0.1, -0.05) is 0 Å². The molecule has 0 fully saturated rings. The fourth-order valence-electron chi connectivity index (χ4n) is 2.90. The van der Waals surface area contributed by atoms with E-state index < -0.39 is 23.9 Å². The molecule has 0 bridgehead atoms. The minimum atomic E-state index is -1.06. The van der Waals surface area contributed by atoms with Crippen molar-refractivity contribution in [3.05, 3.63) is 119 Å². The monoisotopic (exact) mass is 514 g/mol. The Balaban J connectivity index is 0.000000279. The zero-order chi connectivity index (χ0) is 27.7. The highest BCUT2D eigenvalue weighted by Gasteiger charge is 2.12. The van der Waals surface area contributed by atoms with Crippen LogP contribution in [0, 0.1) is 0 Å². The molecule has 0 atom stereocenters. The number of carboxylic acid groups (broad SMARTS) is 2. The van der Waals surface area contributed by atoms with Crippen LogP contribution in [0.15, 0.2) is 97.1 Å². The Morgan fingerprint density at radius 1 is 0.447 bits per heavy atom. The highest BCUT2D eigenvalue weighted by Crippen LogP contribution is 2.17. The Bertz CT molecular complexity index is 1320. The smallest absolute Gasteiger partial charge is 0.343 e. The lowest BCUT2D eigenvalue weighted by atomic mass is 10.1. The van der Waals surface area contributed by atoms with Gasteiger partial charge < -0.3 is 31.2 Å². The van der Waals surface area contributed by atoms with Crippen LogP contribution in [0.4, 0.5) is 11.4 Å². The van der Waals surface area contributed by atoms with Gasteiger partial charge in [-0.3, -0.25) is 0 Å². The maximum Gasteiger partial charge on any atom is 0.343 e. The van der Waals surface area contributed by atoms with Crippen LogP contribution in [0.5, 0.6) is 11.5 Å². The molecule has 38 heavy (non-hydrogen) atoms. The molecule has 0 aromatic heterocycles. The minimum absolute atomic E-state index is 0.0833. The summed E-state index contributed by atoms with van der Waals surface area (Å²) in [4.78, 5) is 44.9. The lowest BCUT2D eigenvalue weighted by Gasteiger charge is -2.07. The number of carbonyl (C=O) groups excluding carboxylic acids is 2. The van der Waals surface area contributed by atoms with Gasteiger partial charge in [0.2, 0.25) is 0 Å². The first-order valence-electron chi connectivity index (χ1n) is 10.9. The van der Waals surface area contributed by atoms with Crippen molar-refractivity contribution in [2.75, 3.05) is 11.5 Å². The van der Waals surface area contributed by atoms with Gasteiger partial charge in [-0.05, 0) is 97.1 Å². The lowest BCUT2D eigenvalue weighted by Crippen LogP contribution is -2.11. The third kappa shape index (κ3) is 7.68. The van der Waals surface area contributed by atoms with Crippen molar-refractivity contribution in [2.45, 2.75) is 0 Å². The van der Waals surface area contributed by atoms with E-state index in [4.69, 9.17) is 31.2 Å². The molecule has 4 rings (SSSR count). The Hall–Kier alpha value is -5.64. The number of hydrogen-bond donors (Lipinski definition) is 4. The van der Waals surface area contributed by atoms with Crippen LogP contribution in [0.25, 0.3) is 0 Å². The Kier molecular flexibility index (Phi) is 8.77. The standard InChI is InChI=1S/C20H16N2O4.C8H6O4/c21-15-5-9-17(10-6-15)25-19(23)13-1-2-14(4-3-13)20(24)26-18-11-7-16(22)8-12-18;9-7(10)5-1-2-6(4-3-5)8(11)12/h1-12H,21-22H2;1-4H,(H,9,10)(H,11,12). The lowest BCUT2D eigenvalue weighted by molar-refractivity contribution is 0.0681. The second-order valence-electron chi connectivity index (χ2n) is 7.68. The average molecular weight is 514 g/mol. The summed E-state index contributed by atoms with van der Waals surface area (Å²) in [5.74, 6) is -2.42. The maximum atomic E-state index is 12.1. The molecule has 0 unspecified atom stereocenters. The molecule has 10 nitrogen and oxygen atoms in total. The third-order valence-corrected chi connectivity index (χ3v) is 4.92. The molecule has 192 valence electrons. The van der Waals surface area contributed by atoms with Crippen molar-refractivity contribution in [2.24, 2.45) is 0 Å². The Morgan fingerprint density at radius 3 is 0.974 bits per heavy atom. The summed E-state index contributed by atoms with van der Waals surface area (Å²) in [6.45, 7) is 0. The van der Waals surface area contributed by atoms with Gasteiger partial charge in [0.25, 0.3) is 0 Å².